The van der Waals surface area contributed by atoms with Crippen LogP contribution >= 0.6 is 0 Å². The average molecular weight is 205 g/mol. The van der Waals surface area contributed by atoms with Gasteiger partial charge in [-0.05, 0) is 45.6 Å². The quantitative estimate of drug-likeness (QED) is 0.820. The van der Waals surface area contributed by atoms with Gasteiger partial charge in [0.15, 0.2) is 0 Å². The topological polar surface area (TPSA) is 43.8 Å². The molecule has 82 valence electrons. The van der Waals surface area contributed by atoms with E-state index in [2.05, 4.69) is 29.7 Å². The van der Waals surface area contributed by atoms with E-state index in [4.69, 9.17) is 5.73 Å². The second kappa shape index (κ2) is 2.64. The standard InChI is InChI=1S/C12H19N3/c1-9(2)15-10(3-8-14-15)11(4-5-11)12(13)6-7-12/h3,8-9H,4-7,13H2,1-2H3. The Morgan fingerprint density at radius 1 is 1.33 bits per heavy atom. The summed E-state index contributed by atoms with van der Waals surface area (Å²) in [5, 5.41) is 4.42. The molecule has 2 aliphatic rings. The summed E-state index contributed by atoms with van der Waals surface area (Å²) >= 11 is 0. The SMILES string of the molecule is CC(C)n1nccc1C1(C2(N)CC2)CC1. The van der Waals surface area contributed by atoms with Crippen molar-refractivity contribution in [3.05, 3.63) is 18.0 Å². The number of rotatable bonds is 3. The highest BCUT2D eigenvalue weighted by molar-refractivity contribution is 5.36. The maximum atomic E-state index is 6.41. The third-order valence-corrected chi connectivity index (χ3v) is 4.14. The molecule has 15 heavy (non-hydrogen) atoms. The second-order valence-electron chi connectivity index (χ2n) is 5.49. The molecular formula is C12H19N3. The van der Waals surface area contributed by atoms with Crippen LogP contribution in [0.3, 0.4) is 0 Å². The van der Waals surface area contributed by atoms with Gasteiger partial charge in [0.2, 0.25) is 0 Å². The van der Waals surface area contributed by atoms with Crippen molar-refractivity contribution in [3.63, 3.8) is 0 Å². The third kappa shape index (κ3) is 1.13. The van der Waals surface area contributed by atoms with Crippen LogP contribution in [-0.2, 0) is 5.41 Å². The molecular weight excluding hydrogens is 186 g/mol. The molecule has 2 fully saturated rings. The lowest BCUT2D eigenvalue weighted by Crippen LogP contribution is -2.39. The maximum absolute atomic E-state index is 6.41. The normalized spacial score (nSPS) is 25.6. The van der Waals surface area contributed by atoms with Crippen molar-refractivity contribution in [3.8, 4) is 0 Å². The first kappa shape index (κ1) is 9.40. The van der Waals surface area contributed by atoms with Gasteiger partial charge in [0.25, 0.3) is 0 Å². The molecule has 0 saturated heterocycles. The highest BCUT2D eigenvalue weighted by Gasteiger charge is 2.65. The van der Waals surface area contributed by atoms with E-state index >= 15 is 0 Å². The molecule has 0 aromatic carbocycles. The summed E-state index contributed by atoms with van der Waals surface area (Å²) in [5.41, 5.74) is 8.15. The minimum absolute atomic E-state index is 0.0969. The van der Waals surface area contributed by atoms with Gasteiger partial charge in [0.05, 0.1) is 0 Å². The lowest BCUT2D eigenvalue weighted by Gasteiger charge is -2.25. The fourth-order valence-electron chi connectivity index (χ4n) is 2.85. The zero-order chi connectivity index (χ0) is 10.7. The monoisotopic (exact) mass is 205 g/mol. The third-order valence-electron chi connectivity index (χ3n) is 4.14. The molecule has 0 atom stereocenters. The van der Waals surface area contributed by atoms with Gasteiger partial charge >= 0.3 is 0 Å². The zero-order valence-corrected chi connectivity index (χ0v) is 9.53. The predicted molar refractivity (Wildman–Crippen MR) is 59.7 cm³/mol. The first-order chi connectivity index (χ1) is 7.09. The van der Waals surface area contributed by atoms with E-state index in [0.717, 1.165) is 0 Å². The van der Waals surface area contributed by atoms with Gasteiger partial charge in [-0.3, -0.25) is 4.68 Å². The molecule has 1 aromatic rings. The highest BCUT2D eigenvalue weighted by Crippen LogP contribution is 2.63. The average Bonchev–Trinajstić information content (AvgIpc) is 3.08. The Kier molecular flexibility index (Phi) is 1.66. The van der Waals surface area contributed by atoms with Gasteiger partial charge in [-0.15, -0.1) is 0 Å². The Morgan fingerprint density at radius 3 is 2.47 bits per heavy atom. The van der Waals surface area contributed by atoms with Crippen LogP contribution in [0.1, 0.15) is 51.3 Å². The Hall–Kier alpha value is -0.830. The molecule has 0 radical (unpaired) electrons. The molecule has 1 heterocycles. The van der Waals surface area contributed by atoms with E-state index in [1.165, 1.54) is 31.4 Å². The Labute approximate surface area is 90.7 Å². The molecule has 1 aromatic heterocycles. The fourth-order valence-corrected chi connectivity index (χ4v) is 2.85. The second-order valence-corrected chi connectivity index (χ2v) is 5.49. The van der Waals surface area contributed by atoms with Crippen molar-refractivity contribution in [1.29, 1.82) is 0 Å². The molecule has 0 bridgehead atoms. The first-order valence-electron chi connectivity index (χ1n) is 5.92. The van der Waals surface area contributed by atoms with E-state index in [1.807, 2.05) is 6.20 Å². The van der Waals surface area contributed by atoms with Crippen LogP contribution in [0, 0.1) is 0 Å². The van der Waals surface area contributed by atoms with Crippen molar-refractivity contribution >= 4 is 0 Å². The van der Waals surface area contributed by atoms with Gasteiger partial charge in [-0.25, -0.2) is 0 Å². The Balaban J connectivity index is 2.02. The van der Waals surface area contributed by atoms with E-state index in [9.17, 15) is 0 Å². The Bertz CT molecular complexity index is 383. The summed E-state index contributed by atoms with van der Waals surface area (Å²) in [6, 6.07) is 2.61. The molecule has 0 unspecified atom stereocenters. The summed E-state index contributed by atoms with van der Waals surface area (Å²) in [5.74, 6) is 0. The van der Waals surface area contributed by atoms with Crippen molar-refractivity contribution in [2.75, 3.05) is 0 Å². The zero-order valence-electron chi connectivity index (χ0n) is 9.53. The van der Waals surface area contributed by atoms with E-state index < -0.39 is 0 Å². The van der Waals surface area contributed by atoms with Crippen LogP contribution < -0.4 is 5.73 Å². The summed E-state index contributed by atoms with van der Waals surface area (Å²) in [7, 11) is 0. The van der Waals surface area contributed by atoms with Gasteiger partial charge in [-0.2, -0.15) is 5.10 Å². The van der Waals surface area contributed by atoms with Crippen LogP contribution in [-0.4, -0.2) is 15.3 Å². The van der Waals surface area contributed by atoms with Crippen LogP contribution in [0.25, 0.3) is 0 Å². The maximum Gasteiger partial charge on any atom is 0.0492 e. The van der Waals surface area contributed by atoms with Crippen LogP contribution in [0.2, 0.25) is 0 Å². The summed E-state index contributed by atoms with van der Waals surface area (Å²) in [6.07, 6.45) is 6.80. The fraction of sp³-hybridized carbons (Fsp3) is 0.750. The highest BCUT2D eigenvalue weighted by atomic mass is 15.3. The minimum atomic E-state index is 0.0969. The summed E-state index contributed by atoms with van der Waals surface area (Å²) in [4.78, 5) is 0. The summed E-state index contributed by atoms with van der Waals surface area (Å²) in [6.45, 7) is 4.37. The van der Waals surface area contributed by atoms with Crippen LogP contribution in [0.5, 0.6) is 0 Å². The van der Waals surface area contributed by atoms with Gasteiger partial charge in [-0.1, -0.05) is 0 Å². The van der Waals surface area contributed by atoms with Crippen LogP contribution in [0.4, 0.5) is 0 Å². The first-order valence-corrected chi connectivity index (χ1v) is 5.92. The van der Waals surface area contributed by atoms with Crippen LogP contribution in [0.15, 0.2) is 12.3 Å². The molecule has 3 heteroatoms. The van der Waals surface area contributed by atoms with Crippen molar-refractivity contribution in [2.24, 2.45) is 5.73 Å². The summed E-state index contributed by atoms with van der Waals surface area (Å²) < 4.78 is 2.15. The lowest BCUT2D eigenvalue weighted by molar-refractivity contribution is 0.424. The molecule has 2 saturated carbocycles. The van der Waals surface area contributed by atoms with E-state index in [-0.39, 0.29) is 11.0 Å². The van der Waals surface area contributed by atoms with E-state index in [1.54, 1.807) is 0 Å². The van der Waals surface area contributed by atoms with Crippen molar-refractivity contribution < 1.29 is 0 Å². The molecule has 0 amide bonds. The molecule has 2 N–H and O–H groups in total. The molecule has 2 aliphatic carbocycles. The van der Waals surface area contributed by atoms with Crippen molar-refractivity contribution in [2.45, 2.75) is 56.5 Å². The van der Waals surface area contributed by atoms with Gasteiger partial charge < -0.3 is 5.73 Å². The number of nitrogens with zero attached hydrogens (tertiary/aromatic N) is 2. The molecule has 0 spiro atoms. The lowest BCUT2D eigenvalue weighted by atomic mass is 9.90. The number of hydrogen-bond donors (Lipinski definition) is 1. The number of nitrogens with two attached hydrogens (primary N) is 1. The molecule has 3 rings (SSSR count). The minimum Gasteiger partial charge on any atom is -0.324 e. The number of aromatic nitrogens is 2. The largest absolute Gasteiger partial charge is 0.324 e. The van der Waals surface area contributed by atoms with Crippen molar-refractivity contribution in [1.82, 2.24) is 9.78 Å². The Morgan fingerprint density at radius 2 is 2.00 bits per heavy atom. The van der Waals surface area contributed by atoms with Gasteiger partial charge in [0.1, 0.15) is 0 Å². The molecule has 0 aliphatic heterocycles. The van der Waals surface area contributed by atoms with E-state index in [0.29, 0.717) is 6.04 Å². The number of hydrogen-bond acceptors (Lipinski definition) is 2. The molecule has 3 nitrogen and oxygen atoms in total. The smallest absolute Gasteiger partial charge is 0.0492 e. The van der Waals surface area contributed by atoms with Gasteiger partial charge in [0, 0.05) is 28.9 Å². The predicted octanol–water partition coefficient (Wildman–Crippen LogP) is 1.99.